The fraction of sp³-hybridized carbons (Fsp3) is 0.545. The van der Waals surface area contributed by atoms with Crippen molar-refractivity contribution in [1.82, 2.24) is 10.3 Å². The van der Waals surface area contributed by atoms with E-state index >= 15 is 0 Å². The van der Waals surface area contributed by atoms with Crippen LogP contribution in [0.3, 0.4) is 0 Å². The van der Waals surface area contributed by atoms with Gasteiger partial charge < -0.3 is 5.32 Å². The van der Waals surface area contributed by atoms with Gasteiger partial charge in [-0.3, -0.25) is 4.98 Å². The highest BCUT2D eigenvalue weighted by atomic mass is 14.9. The fourth-order valence-corrected chi connectivity index (χ4v) is 1.45. The van der Waals surface area contributed by atoms with Gasteiger partial charge in [0.1, 0.15) is 0 Å². The third kappa shape index (κ3) is 2.81. The normalized spacial score (nSPS) is 12.8. The summed E-state index contributed by atoms with van der Waals surface area (Å²) >= 11 is 0. The molecule has 0 bridgehead atoms. The smallest absolute Gasteiger partial charge is 0.0372 e. The lowest BCUT2D eigenvalue weighted by atomic mass is 10.0. The summed E-state index contributed by atoms with van der Waals surface area (Å²) in [6.45, 7) is 4.21. The maximum Gasteiger partial charge on any atom is 0.0372 e. The molecule has 0 amide bonds. The maximum absolute atomic E-state index is 4.29. The molecule has 0 aromatic carbocycles. The first-order valence-corrected chi connectivity index (χ1v) is 4.87. The Labute approximate surface area is 80.4 Å². The molecule has 72 valence electrons. The molecule has 1 unspecified atom stereocenters. The first-order valence-electron chi connectivity index (χ1n) is 4.87. The second-order valence-electron chi connectivity index (χ2n) is 3.36. The Morgan fingerprint density at radius 3 is 2.69 bits per heavy atom. The predicted molar refractivity (Wildman–Crippen MR) is 55.7 cm³/mol. The molecule has 1 aromatic heterocycles. The summed E-state index contributed by atoms with van der Waals surface area (Å²) in [6, 6.07) is 4.67. The third-order valence-electron chi connectivity index (χ3n) is 2.26. The van der Waals surface area contributed by atoms with Gasteiger partial charge >= 0.3 is 0 Å². The molecule has 13 heavy (non-hydrogen) atoms. The molecule has 0 saturated carbocycles. The number of rotatable bonds is 4. The highest BCUT2D eigenvalue weighted by molar-refractivity contribution is 5.16. The van der Waals surface area contributed by atoms with Crippen molar-refractivity contribution in [3.63, 3.8) is 0 Å². The molecule has 0 saturated heterocycles. The van der Waals surface area contributed by atoms with E-state index in [4.69, 9.17) is 0 Å². The number of aromatic nitrogens is 1. The molecule has 1 aromatic rings. The van der Waals surface area contributed by atoms with Gasteiger partial charge in [-0.2, -0.15) is 0 Å². The highest BCUT2D eigenvalue weighted by Gasteiger charge is 2.06. The van der Waals surface area contributed by atoms with Crippen molar-refractivity contribution in [3.8, 4) is 0 Å². The van der Waals surface area contributed by atoms with Crippen LogP contribution < -0.4 is 5.32 Å². The van der Waals surface area contributed by atoms with Crippen LogP contribution in [0.25, 0.3) is 0 Å². The Bertz CT molecular complexity index is 241. The highest BCUT2D eigenvalue weighted by Crippen LogP contribution is 2.16. The lowest BCUT2D eigenvalue weighted by Gasteiger charge is -2.14. The van der Waals surface area contributed by atoms with E-state index in [-0.39, 0.29) is 0 Å². The van der Waals surface area contributed by atoms with E-state index < -0.39 is 0 Å². The molecule has 0 aliphatic carbocycles. The van der Waals surface area contributed by atoms with Crippen molar-refractivity contribution in [3.05, 3.63) is 29.6 Å². The van der Waals surface area contributed by atoms with Crippen molar-refractivity contribution < 1.29 is 0 Å². The van der Waals surface area contributed by atoms with E-state index in [1.165, 1.54) is 18.4 Å². The van der Waals surface area contributed by atoms with Crippen LogP contribution in [0.2, 0.25) is 0 Å². The van der Waals surface area contributed by atoms with Gasteiger partial charge in [0.05, 0.1) is 0 Å². The van der Waals surface area contributed by atoms with Gasteiger partial charge in [-0.15, -0.1) is 0 Å². The summed E-state index contributed by atoms with van der Waals surface area (Å²) in [4.78, 5) is 4.29. The Hall–Kier alpha value is -0.890. The zero-order chi connectivity index (χ0) is 9.68. The van der Waals surface area contributed by atoms with Crippen molar-refractivity contribution in [2.75, 3.05) is 7.05 Å². The largest absolute Gasteiger partial charge is 0.313 e. The predicted octanol–water partition coefficient (Wildman–Crippen LogP) is 2.45. The monoisotopic (exact) mass is 178 g/mol. The molecule has 2 nitrogen and oxygen atoms in total. The van der Waals surface area contributed by atoms with Crippen LogP contribution in [0.1, 0.15) is 37.1 Å². The molecule has 0 aliphatic heterocycles. The average Bonchev–Trinajstić information content (AvgIpc) is 2.16. The molecule has 1 N–H and O–H groups in total. The quantitative estimate of drug-likeness (QED) is 0.766. The maximum atomic E-state index is 4.29. The lowest BCUT2D eigenvalue weighted by molar-refractivity contribution is 0.540. The number of nitrogens with zero attached hydrogens (tertiary/aromatic N) is 1. The van der Waals surface area contributed by atoms with Gasteiger partial charge in [0.2, 0.25) is 0 Å². The molecule has 0 radical (unpaired) electrons. The third-order valence-corrected chi connectivity index (χ3v) is 2.26. The van der Waals surface area contributed by atoms with Gasteiger partial charge in [0.25, 0.3) is 0 Å². The van der Waals surface area contributed by atoms with E-state index in [1.807, 2.05) is 20.2 Å². The van der Waals surface area contributed by atoms with Crippen molar-refractivity contribution in [1.29, 1.82) is 0 Å². The molecular formula is C11H18N2. The molecule has 1 rings (SSSR count). The SMILES string of the molecule is CCCC(NC)c1ccc(C)nc1. The van der Waals surface area contributed by atoms with E-state index in [1.54, 1.807) is 0 Å². The minimum atomic E-state index is 0.457. The molecule has 0 aliphatic rings. The summed E-state index contributed by atoms with van der Waals surface area (Å²) in [7, 11) is 2.00. The van der Waals surface area contributed by atoms with Crippen molar-refractivity contribution >= 4 is 0 Å². The van der Waals surface area contributed by atoms with E-state index in [0.29, 0.717) is 6.04 Å². The Kier molecular flexibility index (Phi) is 3.90. The Balaban J connectivity index is 2.73. The van der Waals surface area contributed by atoms with Crippen molar-refractivity contribution in [2.45, 2.75) is 32.7 Å². The Morgan fingerprint density at radius 1 is 1.46 bits per heavy atom. The molecule has 0 fully saturated rings. The average molecular weight is 178 g/mol. The van der Waals surface area contributed by atoms with Crippen LogP contribution in [0.5, 0.6) is 0 Å². The second-order valence-corrected chi connectivity index (χ2v) is 3.36. The molecule has 2 heteroatoms. The standard InChI is InChI=1S/C11H18N2/c1-4-5-11(12-3)10-7-6-9(2)13-8-10/h6-8,11-12H,4-5H2,1-3H3. The molecule has 1 heterocycles. The number of nitrogens with one attached hydrogen (secondary N) is 1. The summed E-state index contributed by atoms with van der Waals surface area (Å²) in [5, 5.41) is 3.30. The summed E-state index contributed by atoms with van der Waals surface area (Å²) in [5.41, 5.74) is 2.37. The minimum Gasteiger partial charge on any atom is -0.313 e. The summed E-state index contributed by atoms with van der Waals surface area (Å²) in [6.07, 6.45) is 4.33. The fourth-order valence-electron chi connectivity index (χ4n) is 1.45. The Morgan fingerprint density at radius 2 is 2.23 bits per heavy atom. The number of hydrogen-bond donors (Lipinski definition) is 1. The van der Waals surface area contributed by atoms with Gasteiger partial charge in [0, 0.05) is 17.9 Å². The number of pyridine rings is 1. The van der Waals surface area contributed by atoms with Gasteiger partial charge in [-0.25, -0.2) is 0 Å². The van der Waals surface area contributed by atoms with Gasteiger partial charge in [-0.1, -0.05) is 19.4 Å². The first kappa shape index (κ1) is 10.2. The summed E-state index contributed by atoms with van der Waals surface area (Å²) < 4.78 is 0. The molecular weight excluding hydrogens is 160 g/mol. The van der Waals surface area contributed by atoms with Crippen LogP contribution in [-0.2, 0) is 0 Å². The van der Waals surface area contributed by atoms with Crippen LogP contribution in [-0.4, -0.2) is 12.0 Å². The van der Waals surface area contributed by atoms with Gasteiger partial charge in [-0.05, 0) is 32.0 Å². The van der Waals surface area contributed by atoms with Crippen LogP contribution in [0, 0.1) is 6.92 Å². The number of hydrogen-bond acceptors (Lipinski definition) is 2. The zero-order valence-electron chi connectivity index (χ0n) is 8.67. The van der Waals surface area contributed by atoms with Crippen LogP contribution >= 0.6 is 0 Å². The summed E-state index contributed by atoms with van der Waals surface area (Å²) in [5.74, 6) is 0. The molecule has 0 spiro atoms. The van der Waals surface area contributed by atoms with Crippen molar-refractivity contribution in [2.24, 2.45) is 0 Å². The van der Waals surface area contributed by atoms with Crippen LogP contribution in [0.15, 0.2) is 18.3 Å². The van der Waals surface area contributed by atoms with E-state index in [9.17, 15) is 0 Å². The van der Waals surface area contributed by atoms with Crippen LogP contribution in [0.4, 0.5) is 0 Å². The second kappa shape index (κ2) is 4.97. The zero-order valence-corrected chi connectivity index (χ0v) is 8.67. The first-order chi connectivity index (χ1) is 6.27. The minimum absolute atomic E-state index is 0.457. The molecule has 1 atom stereocenters. The van der Waals surface area contributed by atoms with E-state index in [0.717, 1.165) is 5.69 Å². The van der Waals surface area contributed by atoms with E-state index in [2.05, 4.69) is 29.4 Å². The lowest BCUT2D eigenvalue weighted by Crippen LogP contribution is -2.16. The number of aryl methyl sites for hydroxylation is 1. The van der Waals surface area contributed by atoms with Gasteiger partial charge in [0.15, 0.2) is 0 Å². The topological polar surface area (TPSA) is 24.9 Å².